The second-order valence-electron chi connectivity index (χ2n) is 6.16. The lowest BCUT2D eigenvalue weighted by atomic mass is 9.83. The normalized spacial score (nSPS) is 31.8. The Morgan fingerprint density at radius 2 is 2.17 bits per heavy atom. The third-order valence-corrected chi connectivity index (χ3v) is 6.46. The maximum atomic E-state index is 10.5. The predicted molar refractivity (Wildman–Crippen MR) is 82.4 cm³/mol. The van der Waals surface area contributed by atoms with Crippen LogP contribution in [-0.4, -0.2) is 5.11 Å². The van der Waals surface area contributed by atoms with Gasteiger partial charge in [-0.1, -0.05) is 24.6 Å². The number of aliphatic hydroxyl groups is 1. The number of halogens is 1. The Morgan fingerprint density at radius 3 is 2.83 bits per heavy atom. The van der Waals surface area contributed by atoms with Gasteiger partial charge < -0.3 is 5.11 Å². The van der Waals surface area contributed by atoms with E-state index < -0.39 is 0 Å². The molecule has 0 saturated heterocycles. The van der Waals surface area contributed by atoms with E-state index in [1.54, 1.807) is 0 Å². The molecule has 2 heteroatoms. The first-order valence-corrected chi connectivity index (χ1v) is 8.16. The number of fused-ring (bicyclic) bond motifs is 2. The molecule has 2 aliphatic carbocycles. The Morgan fingerprint density at radius 1 is 1.33 bits per heavy atom. The third-order valence-electron chi connectivity index (χ3n) is 4.99. The molecule has 1 aromatic rings. The highest BCUT2D eigenvalue weighted by molar-refractivity contribution is 14.1. The molecule has 4 atom stereocenters. The second kappa shape index (κ2) is 5.12. The van der Waals surface area contributed by atoms with E-state index in [2.05, 4.69) is 47.7 Å². The van der Waals surface area contributed by atoms with E-state index in [-0.39, 0.29) is 6.10 Å². The van der Waals surface area contributed by atoms with Crippen LogP contribution in [0.2, 0.25) is 0 Å². The molecule has 98 valence electrons. The zero-order valence-electron chi connectivity index (χ0n) is 10.9. The van der Waals surface area contributed by atoms with Gasteiger partial charge in [0.25, 0.3) is 0 Å². The van der Waals surface area contributed by atoms with Gasteiger partial charge in [0.15, 0.2) is 0 Å². The first kappa shape index (κ1) is 12.9. The molecule has 0 spiro atoms. The van der Waals surface area contributed by atoms with E-state index in [4.69, 9.17) is 0 Å². The summed E-state index contributed by atoms with van der Waals surface area (Å²) in [5.41, 5.74) is 2.42. The fourth-order valence-electron chi connectivity index (χ4n) is 4.01. The molecule has 0 amide bonds. The van der Waals surface area contributed by atoms with Crippen LogP contribution in [0.3, 0.4) is 0 Å². The van der Waals surface area contributed by atoms with Crippen LogP contribution < -0.4 is 0 Å². The van der Waals surface area contributed by atoms with E-state index in [9.17, 15) is 5.11 Å². The molecular weight excluding hydrogens is 335 g/mol. The molecule has 0 radical (unpaired) electrons. The van der Waals surface area contributed by atoms with Crippen LogP contribution in [0.1, 0.15) is 49.3 Å². The van der Waals surface area contributed by atoms with Crippen molar-refractivity contribution in [1.29, 1.82) is 0 Å². The molecular formula is C16H21IO. The molecule has 0 heterocycles. The molecule has 4 unspecified atom stereocenters. The Bertz CT molecular complexity index is 443. The summed E-state index contributed by atoms with van der Waals surface area (Å²) in [5, 5.41) is 10.5. The van der Waals surface area contributed by atoms with Crippen molar-refractivity contribution >= 4 is 22.6 Å². The van der Waals surface area contributed by atoms with E-state index in [1.165, 1.54) is 34.8 Å². The second-order valence-corrected chi connectivity index (χ2v) is 7.24. The van der Waals surface area contributed by atoms with Crippen molar-refractivity contribution in [3.8, 4) is 0 Å². The lowest BCUT2D eigenvalue weighted by Gasteiger charge is -2.25. The zero-order chi connectivity index (χ0) is 12.7. The van der Waals surface area contributed by atoms with E-state index >= 15 is 0 Å². The monoisotopic (exact) mass is 356 g/mol. The molecule has 2 aliphatic rings. The standard InChI is InChI=1S/C16H21IO/c1-10-3-2-4-14(16(10)17)15(18)9-13-8-11-5-6-12(13)7-11/h2-4,11-13,15,18H,5-9H2,1H3. The maximum absolute atomic E-state index is 10.5. The number of hydrogen-bond donors (Lipinski definition) is 1. The quantitative estimate of drug-likeness (QED) is 0.793. The highest BCUT2D eigenvalue weighted by Gasteiger charge is 2.40. The first-order chi connectivity index (χ1) is 8.65. The van der Waals surface area contributed by atoms with Gasteiger partial charge in [-0.05, 0) is 84.1 Å². The summed E-state index contributed by atoms with van der Waals surface area (Å²) in [6, 6.07) is 6.28. The van der Waals surface area contributed by atoms with Gasteiger partial charge in [-0.15, -0.1) is 0 Å². The Balaban J connectivity index is 1.71. The highest BCUT2D eigenvalue weighted by Crippen LogP contribution is 2.51. The Hall–Kier alpha value is -0.0900. The lowest BCUT2D eigenvalue weighted by Crippen LogP contribution is -2.15. The van der Waals surface area contributed by atoms with Crippen LogP contribution in [0.25, 0.3) is 0 Å². The van der Waals surface area contributed by atoms with Crippen LogP contribution in [0.5, 0.6) is 0 Å². The average molecular weight is 356 g/mol. The van der Waals surface area contributed by atoms with E-state index in [0.29, 0.717) is 0 Å². The highest BCUT2D eigenvalue weighted by atomic mass is 127. The topological polar surface area (TPSA) is 20.2 Å². The van der Waals surface area contributed by atoms with Crippen molar-refractivity contribution in [2.45, 2.75) is 45.1 Å². The van der Waals surface area contributed by atoms with Gasteiger partial charge in [0.2, 0.25) is 0 Å². The fourth-order valence-corrected chi connectivity index (χ4v) is 4.73. The molecule has 2 bridgehead atoms. The average Bonchev–Trinajstić information content (AvgIpc) is 2.94. The number of aryl methyl sites for hydroxylation is 1. The van der Waals surface area contributed by atoms with Crippen molar-refractivity contribution in [2.75, 3.05) is 0 Å². The van der Waals surface area contributed by atoms with Crippen LogP contribution in [-0.2, 0) is 0 Å². The lowest BCUT2D eigenvalue weighted by molar-refractivity contribution is 0.125. The molecule has 3 rings (SSSR count). The maximum Gasteiger partial charge on any atom is 0.0803 e. The van der Waals surface area contributed by atoms with Gasteiger partial charge in [-0.25, -0.2) is 0 Å². The van der Waals surface area contributed by atoms with Crippen molar-refractivity contribution in [1.82, 2.24) is 0 Å². The van der Waals surface area contributed by atoms with Gasteiger partial charge >= 0.3 is 0 Å². The molecule has 1 N–H and O–H groups in total. The van der Waals surface area contributed by atoms with Crippen molar-refractivity contribution < 1.29 is 5.11 Å². The molecule has 2 saturated carbocycles. The summed E-state index contributed by atoms with van der Waals surface area (Å²) >= 11 is 2.37. The minimum absolute atomic E-state index is 0.263. The van der Waals surface area contributed by atoms with Crippen molar-refractivity contribution in [2.24, 2.45) is 17.8 Å². The van der Waals surface area contributed by atoms with Gasteiger partial charge in [-0.2, -0.15) is 0 Å². The number of rotatable bonds is 3. The molecule has 0 aromatic heterocycles. The molecule has 2 fully saturated rings. The SMILES string of the molecule is Cc1cccc(C(O)CC2CC3CCC2C3)c1I. The molecule has 0 aliphatic heterocycles. The van der Waals surface area contributed by atoms with Gasteiger partial charge in [0.1, 0.15) is 0 Å². The third kappa shape index (κ3) is 2.34. The van der Waals surface area contributed by atoms with Gasteiger partial charge in [-0.3, -0.25) is 0 Å². The summed E-state index contributed by atoms with van der Waals surface area (Å²) in [4.78, 5) is 0. The fraction of sp³-hybridized carbons (Fsp3) is 0.625. The van der Waals surface area contributed by atoms with Crippen molar-refractivity contribution in [3.63, 3.8) is 0 Å². The molecule has 18 heavy (non-hydrogen) atoms. The largest absolute Gasteiger partial charge is 0.388 e. The number of hydrogen-bond acceptors (Lipinski definition) is 1. The minimum Gasteiger partial charge on any atom is -0.388 e. The summed E-state index contributed by atoms with van der Waals surface area (Å²) in [7, 11) is 0. The molecule has 1 nitrogen and oxygen atoms in total. The summed E-state index contributed by atoms with van der Waals surface area (Å²) in [6.45, 7) is 2.12. The number of aliphatic hydroxyl groups excluding tert-OH is 1. The summed E-state index contributed by atoms with van der Waals surface area (Å²) in [5.74, 6) is 2.66. The summed E-state index contributed by atoms with van der Waals surface area (Å²) < 4.78 is 1.24. The van der Waals surface area contributed by atoms with Crippen LogP contribution in [0.4, 0.5) is 0 Å². The van der Waals surface area contributed by atoms with Crippen LogP contribution >= 0.6 is 22.6 Å². The molecule has 1 aromatic carbocycles. The van der Waals surface area contributed by atoms with Crippen LogP contribution in [0.15, 0.2) is 18.2 Å². The number of benzene rings is 1. The first-order valence-electron chi connectivity index (χ1n) is 7.08. The predicted octanol–water partition coefficient (Wildman–Crippen LogP) is 4.46. The van der Waals surface area contributed by atoms with Gasteiger partial charge in [0.05, 0.1) is 6.10 Å². The smallest absolute Gasteiger partial charge is 0.0803 e. The Labute approximate surface area is 123 Å². The summed E-state index contributed by atoms with van der Waals surface area (Å²) in [6.07, 6.45) is 6.36. The zero-order valence-corrected chi connectivity index (χ0v) is 13.1. The van der Waals surface area contributed by atoms with E-state index in [0.717, 1.165) is 29.7 Å². The van der Waals surface area contributed by atoms with Gasteiger partial charge in [0, 0.05) is 3.57 Å². The Kier molecular flexibility index (Phi) is 3.68. The van der Waals surface area contributed by atoms with Crippen molar-refractivity contribution in [3.05, 3.63) is 32.9 Å². The van der Waals surface area contributed by atoms with E-state index in [1.807, 2.05) is 0 Å². The van der Waals surface area contributed by atoms with Crippen LogP contribution in [0, 0.1) is 28.2 Å². The minimum atomic E-state index is -0.263.